The molecule has 0 atom stereocenters. The molecule has 0 bridgehead atoms. The fraction of sp³-hybridized carbons (Fsp3) is 0.273. The first-order chi connectivity index (χ1) is 7.61. The summed E-state index contributed by atoms with van der Waals surface area (Å²) in [5.74, 6) is 4.65. The van der Waals surface area contributed by atoms with Crippen LogP contribution in [0.4, 0.5) is 13.2 Å². The summed E-state index contributed by atoms with van der Waals surface area (Å²) >= 11 is 5.34. The maximum absolute atomic E-state index is 13.0. The van der Waals surface area contributed by atoms with Gasteiger partial charge in [-0.2, -0.15) is 0 Å². The fourth-order valence-corrected chi connectivity index (χ4v) is 1.08. The first kappa shape index (κ1) is 12.7. The van der Waals surface area contributed by atoms with Gasteiger partial charge in [-0.25, -0.2) is 13.2 Å². The Labute approximate surface area is 96.2 Å². The van der Waals surface area contributed by atoms with Crippen LogP contribution >= 0.6 is 11.6 Å². The molecular weight excluding hydrogens is 241 g/mol. The van der Waals surface area contributed by atoms with E-state index < -0.39 is 18.8 Å². The van der Waals surface area contributed by atoms with Gasteiger partial charge in [0.1, 0.15) is 18.2 Å². The molecule has 0 saturated carbocycles. The number of rotatable bonds is 3. The molecule has 0 N–H and O–H groups in total. The van der Waals surface area contributed by atoms with Crippen LogP contribution in [-0.2, 0) is 0 Å². The van der Waals surface area contributed by atoms with Gasteiger partial charge in [-0.15, -0.1) is 11.6 Å². The number of hydrogen-bond donors (Lipinski definition) is 0. The van der Waals surface area contributed by atoms with Crippen molar-refractivity contribution in [2.45, 2.75) is 6.43 Å². The van der Waals surface area contributed by atoms with E-state index in [1.54, 1.807) is 0 Å². The summed E-state index contributed by atoms with van der Waals surface area (Å²) in [6, 6.07) is 3.58. The Hall–Kier alpha value is -1.34. The predicted octanol–water partition coefficient (Wildman–Crippen LogP) is 3.06. The highest BCUT2D eigenvalue weighted by atomic mass is 35.5. The maximum atomic E-state index is 13.0. The zero-order chi connectivity index (χ0) is 12.0. The standard InChI is InChI=1S/C11H8ClF3O/c12-3-1-2-8-4-9(13)6-10(5-8)16-7-11(14)15/h4-6,11H,3,7H2. The van der Waals surface area contributed by atoms with Crippen LogP contribution in [0, 0.1) is 17.7 Å². The van der Waals surface area contributed by atoms with Gasteiger partial charge in [-0.05, 0) is 12.1 Å². The van der Waals surface area contributed by atoms with Gasteiger partial charge in [-0.1, -0.05) is 11.8 Å². The molecule has 0 aromatic heterocycles. The highest BCUT2D eigenvalue weighted by Gasteiger charge is 2.05. The van der Waals surface area contributed by atoms with Crippen molar-refractivity contribution in [3.05, 3.63) is 29.6 Å². The monoisotopic (exact) mass is 248 g/mol. The smallest absolute Gasteiger partial charge is 0.272 e. The van der Waals surface area contributed by atoms with Gasteiger partial charge in [0.2, 0.25) is 0 Å². The van der Waals surface area contributed by atoms with E-state index in [0.29, 0.717) is 5.56 Å². The molecule has 0 amide bonds. The van der Waals surface area contributed by atoms with Gasteiger partial charge in [0.15, 0.2) is 0 Å². The van der Waals surface area contributed by atoms with E-state index in [4.69, 9.17) is 11.6 Å². The van der Waals surface area contributed by atoms with Gasteiger partial charge in [0.05, 0.1) is 5.88 Å². The first-order valence-electron chi connectivity index (χ1n) is 4.38. The summed E-state index contributed by atoms with van der Waals surface area (Å²) < 4.78 is 41.4. The zero-order valence-corrected chi connectivity index (χ0v) is 8.90. The number of ether oxygens (including phenoxy) is 1. The third-order valence-corrected chi connectivity index (χ3v) is 1.68. The SMILES string of the molecule is Fc1cc(C#CCCl)cc(OCC(F)F)c1. The van der Waals surface area contributed by atoms with E-state index in [2.05, 4.69) is 16.6 Å². The predicted molar refractivity (Wildman–Crippen MR) is 55.5 cm³/mol. The largest absolute Gasteiger partial charge is 0.487 e. The second-order valence-corrected chi connectivity index (χ2v) is 3.08. The van der Waals surface area contributed by atoms with Crippen molar-refractivity contribution in [1.29, 1.82) is 0 Å². The number of alkyl halides is 3. The number of hydrogen-bond acceptors (Lipinski definition) is 1. The molecule has 86 valence electrons. The molecule has 0 aliphatic heterocycles. The molecule has 0 aliphatic carbocycles. The maximum Gasteiger partial charge on any atom is 0.272 e. The van der Waals surface area contributed by atoms with E-state index in [1.807, 2.05) is 0 Å². The van der Waals surface area contributed by atoms with E-state index in [0.717, 1.165) is 6.07 Å². The van der Waals surface area contributed by atoms with Gasteiger partial charge in [0.25, 0.3) is 6.43 Å². The molecule has 5 heteroatoms. The minimum absolute atomic E-state index is 0.0270. The molecule has 16 heavy (non-hydrogen) atoms. The highest BCUT2D eigenvalue weighted by Crippen LogP contribution is 2.16. The van der Waals surface area contributed by atoms with E-state index in [-0.39, 0.29) is 11.6 Å². The Bertz CT molecular complexity index is 409. The van der Waals surface area contributed by atoms with Crippen LogP contribution in [0.1, 0.15) is 5.56 Å². The molecule has 1 rings (SSSR count). The van der Waals surface area contributed by atoms with Crippen LogP contribution < -0.4 is 4.74 Å². The van der Waals surface area contributed by atoms with Crippen molar-refractivity contribution in [3.8, 4) is 17.6 Å². The van der Waals surface area contributed by atoms with Crippen molar-refractivity contribution in [2.75, 3.05) is 12.5 Å². The third kappa shape index (κ3) is 4.45. The molecule has 0 aliphatic rings. The lowest BCUT2D eigenvalue weighted by atomic mass is 10.2. The highest BCUT2D eigenvalue weighted by molar-refractivity contribution is 6.19. The third-order valence-electron chi connectivity index (χ3n) is 1.55. The second kappa shape index (κ2) is 6.29. The van der Waals surface area contributed by atoms with Gasteiger partial charge >= 0.3 is 0 Å². The summed E-state index contributed by atoms with van der Waals surface area (Å²) in [6.07, 6.45) is -2.60. The molecule has 0 radical (unpaired) electrons. The summed E-state index contributed by atoms with van der Waals surface area (Å²) in [4.78, 5) is 0. The van der Waals surface area contributed by atoms with E-state index >= 15 is 0 Å². The molecular formula is C11H8ClF3O. The number of benzene rings is 1. The van der Waals surface area contributed by atoms with Crippen LogP contribution in [0.2, 0.25) is 0 Å². The van der Waals surface area contributed by atoms with Crippen molar-refractivity contribution < 1.29 is 17.9 Å². The normalized spacial score (nSPS) is 9.81. The topological polar surface area (TPSA) is 9.23 Å². The lowest BCUT2D eigenvalue weighted by Crippen LogP contribution is -2.07. The summed E-state index contributed by atoms with van der Waals surface area (Å²) in [7, 11) is 0. The lowest BCUT2D eigenvalue weighted by Gasteiger charge is -2.05. The average molecular weight is 249 g/mol. The van der Waals surface area contributed by atoms with E-state index in [9.17, 15) is 13.2 Å². The summed E-state index contributed by atoms with van der Waals surface area (Å²) in [6.45, 7) is -0.772. The quantitative estimate of drug-likeness (QED) is 0.590. The molecule has 1 aromatic rings. The first-order valence-corrected chi connectivity index (χ1v) is 4.91. The van der Waals surface area contributed by atoms with Crippen molar-refractivity contribution in [2.24, 2.45) is 0 Å². The summed E-state index contributed by atoms with van der Waals surface area (Å²) in [5.41, 5.74) is 0.338. The van der Waals surface area contributed by atoms with Crippen LogP contribution in [0.25, 0.3) is 0 Å². The van der Waals surface area contributed by atoms with Gasteiger partial charge < -0.3 is 4.74 Å². The minimum atomic E-state index is -2.60. The van der Waals surface area contributed by atoms with Crippen LogP contribution in [-0.4, -0.2) is 18.9 Å². The molecule has 0 spiro atoms. The van der Waals surface area contributed by atoms with Crippen LogP contribution in [0.5, 0.6) is 5.75 Å². The number of halogens is 4. The molecule has 1 aromatic carbocycles. The van der Waals surface area contributed by atoms with Crippen molar-refractivity contribution in [3.63, 3.8) is 0 Å². The molecule has 0 unspecified atom stereocenters. The fourth-order valence-electron chi connectivity index (χ4n) is 1.01. The Morgan fingerprint density at radius 2 is 2.06 bits per heavy atom. The Morgan fingerprint density at radius 1 is 1.31 bits per heavy atom. The van der Waals surface area contributed by atoms with Gasteiger partial charge in [-0.3, -0.25) is 0 Å². The molecule has 0 saturated heterocycles. The van der Waals surface area contributed by atoms with Crippen molar-refractivity contribution in [1.82, 2.24) is 0 Å². The van der Waals surface area contributed by atoms with Crippen LogP contribution in [0.3, 0.4) is 0 Å². The Kier molecular flexibility index (Phi) is 5.00. The molecule has 1 nitrogen and oxygen atoms in total. The lowest BCUT2D eigenvalue weighted by molar-refractivity contribution is 0.0817. The molecule has 0 heterocycles. The average Bonchev–Trinajstić information content (AvgIpc) is 2.23. The summed E-state index contributed by atoms with van der Waals surface area (Å²) in [5, 5.41) is 0. The van der Waals surface area contributed by atoms with Gasteiger partial charge in [0, 0.05) is 11.6 Å². The Morgan fingerprint density at radius 3 is 2.69 bits per heavy atom. The Balaban J connectivity index is 2.81. The minimum Gasteiger partial charge on any atom is -0.487 e. The van der Waals surface area contributed by atoms with Crippen molar-refractivity contribution >= 4 is 11.6 Å². The molecule has 0 fully saturated rings. The second-order valence-electron chi connectivity index (χ2n) is 2.81. The van der Waals surface area contributed by atoms with E-state index in [1.165, 1.54) is 12.1 Å². The van der Waals surface area contributed by atoms with Crippen LogP contribution in [0.15, 0.2) is 18.2 Å². The zero-order valence-electron chi connectivity index (χ0n) is 8.14.